The monoisotopic (exact) mass is 373 g/mol. The molecular weight excluding hydrogens is 358 g/mol. The maximum Gasteiger partial charge on any atom is 0.269 e. The van der Waals surface area contributed by atoms with Crippen LogP contribution >= 0.6 is 15.9 Å². The van der Waals surface area contributed by atoms with E-state index in [1.807, 2.05) is 25.1 Å². The molecule has 5 nitrogen and oxygen atoms in total. The number of carbonyl (C=O) groups excluding carboxylic acids is 1. The summed E-state index contributed by atoms with van der Waals surface area (Å²) in [7, 11) is 0. The molecule has 118 valence electrons. The highest BCUT2D eigenvalue weighted by molar-refractivity contribution is 9.10. The standard InChI is InChI=1S/C17H16BrN3O2/c1-10-6-12(3)21(17(23)14(10)8-19)9-16(22)20-13-4-5-15(18)11(2)7-13/h4-7H,9H2,1-3H3,(H,20,22). The van der Waals surface area contributed by atoms with E-state index in [9.17, 15) is 9.59 Å². The molecule has 0 aliphatic carbocycles. The first-order valence-corrected chi connectivity index (χ1v) is 7.80. The SMILES string of the molecule is Cc1cc(NC(=O)Cn2c(C)cc(C)c(C#N)c2=O)ccc1Br. The molecule has 23 heavy (non-hydrogen) atoms. The van der Waals surface area contributed by atoms with Gasteiger partial charge >= 0.3 is 0 Å². The fourth-order valence-electron chi connectivity index (χ4n) is 2.33. The molecule has 0 saturated carbocycles. The third kappa shape index (κ3) is 3.69. The molecule has 0 fully saturated rings. The average Bonchev–Trinajstić information content (AvgIpc) is 2.47. The lowest BCUT2D eigenvalue weighted by molar-refractivity contribution is -0.116. The minimum absolute atomic E-state index is 0.0721. The van der Waals surface area contributed by atoms with Gasteiger partial charge in [-0.25, -0.2) is 0 Å². The number of carbonyl (C=O) groups is 1. The molecule has 1 N–H and O–H groups in total. The van der Waals surface area contributed by atoms with Gasteiger partial charge in [0.1, 0.15) is 18.2 Å². The van der Waals surface area contributed by atoms with Crippen LogP contribution in [0.15, 0.2) is 33.5 Å². The van der Waals surface area contributed by atoms with E-state index in [0.29, 0.717) is 16.9 Å². The summed E-state index contributed by atoms with van der Waals surface area (Å²) < 4.78 is 2.27. The minimum Gasteiger partial charge on any atom is -0.325 e. The van der Waals surface area contributed by atoms with Gasteiger partial charge in [0.2, 0.25) is 5.91 Å². The molecule has 1 aromatic heterocycles. The van der Waals surface area contributed by atoms with E-state index in [-0.39, 0.29) is 18.0 Å². The highest BCUT2D eigenvalue weighted by Gasteiger charge is 2.13. The van der Waals surface area contributed by atoms with Gasteiger partial charge in [0.15, 0.2) is 0 Å². The van der Waals surface area contributed by atoms with Gasteiger partial charge in [0.05, 0.1) is 0 Å². The highest BCUT2D eigenvalue weighted by Crippen LogP contribution is 2.20. The van der Waals surface area contributed by atoms with E-state index in [1.165, 1.54) is 4.57 Å². The number of anilines is 1. The van der Waals surface area contributed by atoms with Crippen LogP contribution in [0.5, 0.6) is 0 Å². The zero-order valence-corrected chi connectivity index (χ0v) is 14.7. The Hall–Kier alpha value is -2.39. The molecule has 1 amide bonds. The van der Waals surface area contributed by atoms with Gasteiger partial charge in [0.25, 0.3) is 5.56 Å². The number of aromatic nitrogens is 1. The van der Waals surface area contributed by atoms with Gasteiger partial charge in [-0.3, -0.25) is 9.59 Å². The van der Waals surface area contributed by atoms with Crippen LogP contribution in [-0.4, -0.2) is 10.5 Å². The van der Waals surface area contributed by atoms with Gasteiger partial charge in [-0.1, -0.05) is 15.9 Å². The molecule has 0 aliphatic rings. The molecule has 0 saturated heterocycles. The maximum atomic E-state index is 12.3. The molecule has 0 radical (unpaired) electrons. The van der Waals surface area contributed by atoms with Crippen molar-refractivity contribution in [3.63, 3.8) is 0 Å². The molecule has 0 unspecified atom stereocenters. The van der Waals surface area contributed by atoms with Crippen LogP contribution < -0.4 is 10.9 Å². The van der Waals surface area contributed by atoms with Gasteiger partial charge in [0, 0.05) is 15.9 Å². The van der Waals surface area contributed by atoms with E-state index in [2.05, 4.69) is 21.2 Å². The number of aryl methyl sites for hydroxylation is 3. The smallest absolute Gasteiger partial charge is 0.269 e. The first kappa shape index (κ1) is 17.0. The van der Waals surface area contributed by atoms with Crippen LogP contribution in [0.4, 0.5) is 5.69 Å². The van der Waals surface area contributed by atoms with E-state index in [4.69, 9.17) is 5.26 Å². The van der Waals surface area contributed by atoms with Crippen molar-refractivity contribution in [3.05, 3.63) is 61.5 Å². The van der Waals surface area contributed by atoms with Crippen LogP contribution in [0.3, 0.4) is 0 Å². The number of rotatable bonds is 3. The lowest BCUT2D eigenvalue weighted by atomic mass is 10.1. The van der Waals surface area contributed by atoms with Crippen LogP contribution in [-0.2, 0) is 11.3 Å². The number of nitriles is 1. The average molecular weight is 374 g/mol. The fourth-order valence-corrected chi connectivity index (χ4v) is 2.57. The van der Waals surface area contributed by atoms with Crippen molar-refractivity contribution in [1.29, 1.82) is 5.26 Å². The first-order valence-electron chi connectivity index (χ1n) is 7.00. The minimum atomic E-state index is -0.438. The zero-order valence-electron chi connectivity index (χ0n) is 13.1. The van der Waals surface area contributed by atoms with E-state index in [1.54, 1.807) is 26.0 Å². The topological polar surface area (TPSA) is 74.9 Å². The van der Waals surface area contributed by atoms with Crippen molar-refractivity contribution in [2.75, 3.05) is 5.32 Å². The number of halogens is 1. The van der Waals surface area contributed by atoms with Crippen molar-refractivity contribution < 1.29 is 4.79 Å². The number of amides is 1. The maximum absolute atomic E-state index is 12.3. The van der Waals surface area contributed by atoms with E-state index in [0.717, 1.165) is 10.0 Å². The molecule has 6 heteroatoms. The van der Waals surface area contributed by atoms with Crippen LogP contribution in [0.25, 0.3) is 0 Å². The Morgan fingerprint density at radius 3 is 2.57 bits per heavy atom. The predicted octanol–water partition coefficient (Wildman–Crippen LogP) is 3.05. The summed E-state index contributed by atoms with van der Waals surface area (Å²) in [5, 5.41) is 11.8. The second-order valence-corrected chi connectivity index (χ2v) is 6.21. The number of nitrogens with one attached hydrogen (secondary N) is 1. The predicted molar refractivity (Wildman–Crippen MR) is 92.4 cm³/mol. The Kier molecular flexibility index (Phi) is 5.02. The second kappa shape index (κ2) is 6.80. The molecule has 0 bridgehead atoms. The fraction of sp³-hybridized carbons (Fsp3) is 0.235. The number of pyridine rings is 1. The third-order valence-corrected chi connectivity index (χ3v) is 4.45. The Labute approximate surface area is 142 Å². The third-order valence-electron chi connectivity index (χ3n) is 3.56. The summed E-state index contributed by atoms with van der Waals surface area (Å²) in [5.41, 5.74) is 2.56. The van der Waals surface area contributed by atoms with Gasteiger partial charge in [-0.15, -0.1) is 0 Å². The van der Waals surface area contributed by atoms with Crippen molar-refractivity contribution in [3.8, 4) is 6.07 Å². The molecule has 1 aromatic carbocycles. The van der Waals surface area contributed by atoms with Gasteiger partial charge < -0.3 is 9.88 Å². The van der Waals surface area contributed by atoms with E-state index < -0.39 is 5.56 Å². The Morgan fingerprint density at radius 2 is 1.96 bits per heavy atom. The number of hydrogen-bond acceptors (Lipinski definition) is 3. The largest absolute Gasteiger partial charge is 0.325 e. The molecule has 2 rings (SSSR count). The quantitative estimate of drug-likeness (QED) is 0.897. The zero-order chi connectivity index (χ0) is 17.1. The second-order valence-electron chi connectivity index (χ2n) is 5.36. The summed E-state index contributed by atoms with van der Waals surface area (Å²) in [5.74, 6) is -0.315. The van der Waals surface area contributed by atoms with Crippen LogP contribution in [0, 0.1) is 32.1 Å². The Morgan fingerprint density at radius 1 is 1.26 bits per heavy atom. The summed E-state index contributed by atoms with van der Waals surface area (Å²) in [6.07, 6.45) is 0. The number of hydrogen-bond donors (Lipinski definition) is 1. The van der Waals surface area contributed by atoms with Crippen LogP contribution in [0.1, 0.15) is 22.4 Å². The van der Waals surface area contributed by atoms with Crippen molar-refractivity contribution in [2.45, 2.75) is 27.3 Å². The molecule has 0 spiro atoms. The summed E-state index contributed by atoms with van der Waals surface area (Å²) in [6.45, 7) is 5.25. The molecular formula is C17H16BrN3O2. The lowest BCUT2D eigenvalue weighted by Crippen LogP contribution is -2.31. The van der Waals surface area contributed by atoms with E-state index >= 15 is 0 Å². The van der Waals surface area contributed by atoms with Gasteiger partial charge in [-0.05, 0) is 56.2 Å². The summed E-state index contributed by atoms with van der Waals surface area (Å²) >= 11 is 3.40. The van der Waals surface area contributed by atoms with Crippen molar-refractivity contribution in [2.24, 2.45) is 0 Å². The lowest BCUT2D eigenvalue weighted by Gasteiger charge is -2.12. The first-order chi connectivity index (χ1) is 10.8. The molecule has 0 aliphatic heterocycles. The number of nitrogens with zero attached hydrogens (tertiary/aromatic N) is 2. The summed E-state index contributed by atoms with van der Waals surface area (Å²) in [6, 6.07) is 9.10. The Balaban J connectivity index is 2.26. The van der Waals surface area contributed by atoms with Gasteiger partial charge in [-0.2, -0.15) is 5.26 Å². The molecule has 0 atom stereocenters. The van der Waals surface area contributed by atoms with Crippen molar-refractivity contribution in [1.82, 2.24) is 4.57 Å². The van der Waals surface area contributed by atoms with Crippen molar-refractivity contribution >= 4 is 27.5 Å². The Bertz CT molecular complexity index is 879. The molecule has 1 heterocycles. The molecule has 2 aromatic rings. The normalized spacial score (nSPS) is 10.2. The van der Waals surface area contributed by atoms with Crippen LogP contribution in [0.2, 0.25) is 0 Å². The highest BCUT2D eigenvalue weighted by atomic mass is 79.9. The number of benzene rings is 1. The summed E-state index contributed by atoms with van der Waals surface area (Å²) in [4.78, 5) is 24.5.